The fourth-order valence-corrected chi connectivity index (χ4v) is 2.68. The van der Waals surface area contributed by atoms with E-state index in [1.807, 2.05) is 69.3 Å². The lowest BCUT2D eigenvalue weighted by Gasteiger charge is -2.21. The van der Waals surface area contributed by atoms with Crippen molar-refractivity contribution in [1.82, 2.24) is 0 Å². The number of para-hydroxylation sites is 1. The summed E-state index contributed by atoms with van der Waals surface area (Å²) in [6, 6.07) is 15.4. The number of carbonyl (C=O) groups is 2. The quantitative estimate of drug-likeness (QED) is 0.818. The minimum absolute atomic E-state index is 0.167. The summed E-state index contributed by atoms with van der Waals surface area (Å²) in [6.07, 6.45) is 0.661. The maximum absolute atomic E-state index is 12.5. The number of rotatable bonds is 6. The third-order valence-corrected chi connectivity index (χ3v) is 3.91. The Kier molecular flexibility index (Phi) is 6.13. The summed E-state index contributed by atoms with van der Waals surface area (Å²) in [4.78, 5) is 26.4. The summed E-state index contributed by atoms with van der Waals surface area (Å²) in [5.41, 5.74) is 3.74. The van der Waals surface area contributed by atoms with E-state index in [1.165, 1.54) is 0 Å². The number of aryl methyl sites for hydroxylation is 2. The molecule has 0 aliphatic rings. The summed E-state index contributed by atoms with van der Waals surface area (Å²) in [5.74, 6) is -0.485. The Hall–Kier alpha value is -2.62. The van der Waals surface area contributed by atoms with Crippen LogP contribution in [0.5, 0.6) is 0 Å². The van der Waals surface area contributed by atoms with Crippen LogP contribution in [0.2, 0.25) is 0 Å². The molecule has 0 saturated heterocycles. The highest BCUT2D eigenvalue weighted by Gasteiger charge is 2.18. The highest BCUT2D eigenvalue weighted by molar-refractivity contribution is 6.09. The minimum atomic E-state index is -0.285. The molecule has 0 heterocycles. The van der Waals surface area contributed by atoms with E-state index in [2.05, 4.69) is 5.32 Å². The highest BCUT2D eigenvalue weighted by Crippen LogP contribution is 2.18. The van der Waals surface area contributed by atoms with Crippen molar-refractivity contribution in [1.29, 1.82) is 0 Å². The van der Waals surface area contributed by atoms with Gasteiger partial charge in [-0.15, -0.1) is 0 Å². The lowest BCUT2D eigenvalue weighted by Crippen LogP contribution is -2.33. The summed E-state index contributed by atoms with van der Waals surface area (Å²) >= 11 is 0. The summed E-state index contributed by atoms with van der Waals surface area (Å²) < 4.78 is 0. The van der Waals surface area contributed by atoms with Crippen molar-refractivity contribution in [2.45, 2.75) is 33.6 Å². The molecule has 126 valence electrons. The molecule has 0 unspecified atom stereocenters. The number of hydrogen-bond donors (Lipinski definition) is 1. The van der Waals surface area contributed by atoms with Gasteiger partial charge < -0.3 is 10.2 Å². The Morgan fingerprint density at radius 1 is 1.04 bits per heavy atom. The molecular weight excluding hydrogens is 300 g/mol. The van der Waals surface area contributed by atoms with Gasteiger partial charge in [0.2, 0.25) is 11.8 Å². The van der Waals surface area contributed by atoms with Gasteiger partial charge >= 0.3 is 0 Å². The molecule has 2 rings (SSSR count). The standard InChI is InChI=1S/C20H24N2O2/c1-4-16-10-6-7-12-18(16)21-19(23)14-20(24)22(5-2)17-11-8-9-15(3)13-17/h6-13H,4-5,14H2,1-3H3,(H,21,23). The molecule has 4 nitrogen and oxygen atoms in total. The van der Waals surface area contributed by atoms with Crippen molar-refractivity contribution in [3.05, 3.63) is 59.7 Å². The van der Waals surface area contributed by atoms with Crippen molar-refractivity contribution in [3.63, 3.8) is 0 Å². The van der Waals surface area contributed by atoms with E-state index >= 15 is 0 Å². The second kappa shape index (κ2) is 8.29. The monoisotopic (exact) mass is 324 g/mol. The van der Waals surface area contributed by atoms with Crippen LogP contribution in [0.15, 0.2) is 48.5 Å². The first kappa shape index (κ1) is 17.7. The van der Waals surface area contributed by atoms with E-state index in [1.54, 1.807) is 4.90 Å². The molecule has 2 aromatic carbocycles. The van der Waals surface area contributed by atoms with Crippen LogP contribution in [0.25, 0.3) is 0 Å². The molecule has 4 heteroatoms. The third kappa shape index (κ3) is 4.44. The molecule has 0 aliphatic carbocycles. The van der Waals surface area contributed by atoms with Crippen molar-refractivity contribution in [2.24, 2.45) is 0 Å². The molecule has 0 spiro atoms. The molecule has 0 fully saturated rings. The Labute approximate surface area is 143 Å². The minimum Gasteiger partial charge on any atom is -0.325 e. The van der Waals surface area contributed by atoms with Gasteiger partial charge in [-0.3, -0.25) is 9.59 Å². The normalized spacial score (nSPS) is 10.3. The van der Waals surface area contributed by atoms with Gasteiger partial charge in [-0.1, -0.05) is 37.3 Å². The number of carbonyl (C=O) groups excluding carboxylic acids is 2. The van der Waals surface area contributed by atoms with Crippen LogP contribution in [-0.2, 0) is 16.0 Å². The summed E-state index contributed by atoms with van der Waals surface area (Å²) in [7, 11) is 0. The van der Waals surface area contributed by atoms with Gasteiger partial charge in [0.25, 0.3) is 0 Å². The molecule has 0 bridgehead atoms. The first-order chi connectivity index (χ1) is 11.5. The molecule has 0 aromatic heterocycles. The SMILES string of the molecule is CCc1ccccc1NC(=O)CC(=O)N(CC)c1cccc(C)c1. The van der Waals surface area contributed by atoms with Gasteiger partial charge in [0.15, 0.2) is 0 Å². The van der Waals surface area contributed by atoms with Crippen LogP contribution in [0.4, 0.5) is 11.4 Å². The van der Waals surface area contributed by atoms with E-state index < -0.39 is 0 Å². The number of nitrogens with zero attached hydrogens (tertiary/aromatic N) is 1. The van der Waals surface area contributed by atoms with Crippen LogP contribution in [0.3, 0.4) is 0 Å². The molecule has 2 aromatic rings. The smallest absolute Gasteiger partial charge is 0.236 e. The summed E-state index contributed by atoms with van der Waals surface area (Å²) in [6.45, 7) is 6.45. The van der Waals surface area contributed by atoms with Crippen molar-refractivity contribution in [3.8, 4) is 0 Å². The number of anilines is 2. The van der Waals surface area contributed by atoms with Crippen molar-refractivity contribution in [2.75, 3.05) is 16.8 Å². The van der Waals surface area contributed by atoms with Crippen LogP contribution < -0.4 is 10.2 Å². The molecule has 0 aliphatic heterocycles. The largest absolute Gasteiger partial charge is 0.325 e. The predicted octanol–water partition coefficient (Wildman–Crippen LogP) is 3.94. The zero-order valence-electron chi connectivity index (χ0n) is 14.5. The number of hydrogen-bond acceptors (Lipinski definition) is 2. The number of amides is 2. The highest BCUT2D eigenvalue weighted by atomic mass is 16.2. The topological polar surface area (TPSA) is 49.4 Å². The van der Waals surface area contributed by atoms with Crippen LogP contribution in [-0.4, -0.2) is 18.4 Å². The van der Waals surface area contributed by atoms with Gasteiger partial charge in [0.05, 0.1) is 0 Å². The average Bonchev–Trinajstić information content (AvgIpc) is 2.56. The third-order valence-electron chi connectivity index (χ3n) is 3.91. The van der Waals surface area contributed by atoms with Crippen LogP contribution >= 0.6 is 0 Å². The fourth-order valence-electron chi connectivity index (χ4n) is 2.68. The van der Waals surface area contributed by atoms with Gasteiger partial charge in [-0.25, -0.2) is 0 Å². The Bertz CT molecular complexity index is 725. The van der Waals surface area contributed by atoms with Gasteiger partial charge in [0, 0.05) is 17.9 Å². The maximum atomic E-state index is 12.5. The molecular formula is C20H24N2O2. The Morgan fingerprint density at radius 2 is 1.79 bits per heavy atom. The molecule has 24 heavy (non-hydrogen) atoms. The fraction of sp³-hybridized carbons (Fsp3) is 0.300. The molecule has 0 radical (unpaired) electrons. The van der Waals surface area contributed by atoms with Crippen LogP contribution in [0, 0.1) is 6.92 Å². The van der Waals surface area contributed by atoms with E-state index in [0.29, 0.717) is 6.54 Å². The molecule has 1 N–H and O–H groups in total. The molecule has 0 atom stereocenters. The predicted molar refractivity (Wildman–Crippen MR) is 98.3 cm³/mol. The van der Waals surface area contributed by atoms with Gasteiger partial charge in [0.1, 0.15) is 6.42 Å². The first-order valence-corrected chi connectivity index (χ1v) is 8.30. The van der Waals surface area contributed by atoms with E-state index in [9.17, 15) is 9.59 Å². The van der Waals surface area contributed by atoms with Crippen molar-refractivity contribution >= 4 is 23.2 Å². The Balaban J connectivity index is 2.06. The van der Waals surface area contributed by atoms with Crippen molar-refractivity contribution < 1.29 is 9.59 Å². The second-order valence-corrected chi connectivity index (χ2v) is 5.71. The molecule has 2 amide bonds. The zero-order chi connectivity index (χ0) is 17.5. The van der Waals surface area contributed by atoms with Gasteiger partial charge in [-0.2, -0.15) is 0 Å². The lowest BCUT2D eigenvalue weighted by molar-refractivity contribution is -0.125. The van der Waals surface area contributed by atoms with Gasteiger partial charge in [-0.05, 0) is 49.6 Å². The van der Waals surface area contributed by atoms with E-state index in [0.717, 1.165) is 28.9 Å². The van der Waals surface area contributed by atoms with E-state index in [-0.39, 0.29) is 18.2 Å². The number of nitrogens with one attached hydrogen (secondary N) is 1. The van der Waals surface area contributed by atoms with Crippen LogP contribution in [0.1, 0.15) is 31.4 Å². The second-order valence-electron chi connectivity index (χ2n) is 5.71. The molecule has 0 saturated carbocycles. The first-order valence-electron chi connectivity index (χ1n) is 8.30. The Morgan fingerprint density at radius 3 is 2.46 bits per heavy atom. The zero-order valence-corrected chi connectivity index (χ0v) is 14.5. The maximum Gasteiger partial charge on any atom is 0.236 e. The average molecular weight is 324 g/mol. The van der Waals surface area contributed by atoms with E-state index in [4.69, 9.17) is 0 Å². The number of benzene rings is 2. The lowest BCUT2D eigenvalue weighted by atomic mass is 10.1. The summed E-state index contributed by atoms with van der Waals surface area (Å²) in [5, 5.41) is 2.85.